The highest BCUT2D eigenvalue weighted by molar-refractivity contribution is 7.15. The molecule has 1 aromatic heterocycles. The third-order valence-electron chi connectivity index (χ3n) is 4.95. The van der Waals surface area contributed by atoms with Gasteiger partial charge in [-0.1, -0.05) is 30.3 Å². The summed E-state index contributed by atoms with van der Waals surface area (Å²) in [5, 5.41) is 3.27. The second-order valence-corrected chi connectivity index (χ2v) is 8.08. The Morgan fingerprint density at radius 3 is 2.45 bits per heavy atom. The first-order chi connectivity index (χ1) is 13.9. The van der Waals surface area contributed by atoms with E-state index in [2.05, 4.69) is 10.3 Å². The summed E-state index contributed by atoms with van der Waals surface area (Å²) in [5.41, 5.74) is 2.84. The Morgan fingerprint density at radius 2 is 1.76 bits per heavy atom. The van der Waals surface area contributed by atoms with Crippen LogP contribution in [0.2, 0.25) is 0 Å². The minimum absolute atomic E-state index is 0.266. The van der Waals surface area contributed by atoms with E-state index in [9.17, 15) is 14.4 Å². The normalized spacial score (nSPS) is 13.0. The number of carbonyl (C=O) groups excluding carboxylic acids is 3. The van der Waals surface area contributed by atoms with Gasteiger partial charge in [0.2, 0.25) is 0 Å². The van der Waals surface area contributed by atoms with E-state index in [0.717, 1.165) is 16.1 Å². The van der Waals surface area contributed by atoms with Crippen molar-refractivity contribution in [2.75, 3.05) is 11.9 Å². The number of anilines is 1. The topological polar surface area (TPSA) is 79.4 Å². The van der Waals surface area contributed by atoms with Gasteiger partial charge in [0.25, 0.3) is 17.7 Å². The molecule has 29 heavy (non-hydrogen) atoms. The second kappa shape index (κ2) is 7.60. The molecule has 0 fully saturated rings. The molecule has 0 aliphatic carbocycles. The molecule has 3 amide bonds. The van der Waals surface area contributed by atoms with E-state index < -0.39 is 0 Å². The van der Waals surface area contributed by atoms with Crippen molar-refractivity contribution in [1.82, 2.24) is 9.88 Å². The molecule has 6 nitrogen and oxygen atoms in total. The number of imide groups is 1. The number of nitrogens with one attached hydrogen (secondary N) is 1. The summed E-state index contributed by atoms with van der Waals surface area (Å²) in [5.74, 6) is -1.04. The van der Waals surface area contributed by atoms with Gasteiger partial charge in [0.15, 0.2) is 5.13 Å². The van der Waals surface area contributed by atoms with Crippen LogP contribution in [0.15, 0.2) is 48.5 Å². The predicted octanol–water partition coefficient (Wildman–Crippen LogP) is 3.85. The highest BCUT2D eigenvalue weighted by atomic mass is 32.1. The fraction of sp³-hybridized carbons (Fsp3) is 0.182. The lowest BCUT2D eigenvalue weighted by molar-refractivity contribution is 0.0656. The molecular weight excluding hydrogens is 386 g/mol. The summed E-state index contributed by atoms with van der Waals surface area (Å²) in [4.78, 5) is 44.5. The Balaban J connectivity index is 1.51. The third-order valence-corrected chi connectivity index (χ3v) is 5.94. The largest absolute Gasteiger partial charge is 0.298 e. The van der Waals surface area contributed by atoms with Gasteiger partial charge in [-0.2, -0.15) is 0 Å². The average Bonchev–Trinajstić information content (AvgIpc) is 3.16. The van der Waals surface area contributed by atoms with Gasteiger partial charge in [-0.15, -0.1) is 11.3 Å². The number of hydrogen-bond acceptors (Lipinski definition) is 5. The van der Waals surface area contributed by atoms with Crippen LogP contribution in [0.1, 0.15) is 47.2 Å². The zero-order valence-electron chi connectivity index (χ0n) is 16.1. The first-order valence-corrected chi connectivity index (χ1v) is 10.1. The van der Waals surface area contributed by atoms with Crippen LogP contribution in [0.25, 0.3) is 0 Å². The van der Waals surface area contributed by atoms with Gasteiger partial charge in [0, 0.05) is 17.0 Å². The molecule has 1 N–H and O–H groups in total. The molecule has 1 aliphatic heterocycles. The average molecular weight is 405 g/mol. The van der Waals surface area contributed by atoms with E-state index in [1.54, 1.807) is 12.1 Å². The maximum absolute atomic E-state index is 12.8. The van der Waals surface area contributed by atoms with Crippen molar-refractivity contribution in [1.29, 1.82) is 0 Å². The molecule has 1 aliphatic rings. The van der Waals surface area contributed by atoms with Gasteiger partial charge in [0.05, 0.1) is 16.8 Å². The molecule has 0 saturated carbocycles. The van der Waals surface area contributed by atoms with Crippen molar-refractivity contribution in [2.24, 2.45) is 0 Å². The summed E-state index contributed by atoms with van der Waals surface area (Å²) in [6, 6.07) is 14.3. The summed E-state index contributed by atoms with van der Waals surface area (Å²) < 4.78 is 0. The standard InChI is InChI=1S/C22H19N3O3S/c1-13-14(2)29-22(23-13)24-19(26)16-8-9-17-18(12-16)21(28)25(20(17)27)11-10-15-6-4-3-5-7-15/h3-9,12H,10-11H2,1-2H3,(H,23,24,26). The fourth-order valence-electron chi connectivity index (χ4n) is 3.22. The monoisotopic (exact) mass is 405 g/mol. The number of amides is 3. The zero-order valence-corrected chi connectivity index (χ0v) is 16.9. The minimum Gasteiger partial charge on any atom is -0.298 e. The van der Waals surface area contributed by atoms with Crippen LogP contribution in [0, 0.1) is 13.8 Å². The van der Waals surface area contributed by atoms with E-state index in [0.29, 0.717) is 29.2 Å². The zero-order chi connectivity index (χ0) is 20.5. The van der Waals surface area contributed by atoms with Crippen LogP contribution in [-0.2, 0) is 6.42 Å². The molecule has 3 aromatic rings. The molecule has 0 unspecified atom stereocenters. The molecule has 146 valence electrons. The number of hydrogen-bond donors (Lipinski definition) is 1. The highest BCUT2D eigenvalue weighted by Crippen LogP contribution is 2.26. The van der Waals surface area contributed by atoms with Crippen LogP contribution >= 0.6 is 11.3 Å². The third kappa shape index (κ3) is 3.69. The van der Waals surface area contributed by atoms with Crippen molar-refractivity contribution >= 4 is 34.2 Å². The van der Waals surface area contributed by atoms with Crippen LogP contribution in [0.5, 0.6) is 0 Å². The Morgan fingerprint density at radius 1 is 1.03 bits per heavy atom. The van der Waals surface area contributed by atoms with Crippen molar-refractivity contribution in [3.05, 3.63) is 81.4 Å². The molecule has 4 rings (SSSR count). The molecule has 7 heteroatoms. The van der Waals surface area contributed by atoms with E-state index in [1.807, 2.05) is 44.2 Å². The van der Waals surface area contributed by atoms with Crippen molar-refractivity contribution < 1.29 is 14.4 Å². The molecule has 0 bridgehead atoms. The summed E-state index contributed by atoms with van der Waals surface area (Å²) in [7, 11) is 0. The summed E-state index contributed by atoms with van der Waals surface area (Å²) in [6.07, 6.45) is 0.586. The van der Waals surface area contributed by atoms with Gasteiger partial charge in [0.1, 0.15) is 0 Å². The number of nitrogens with zero attached hydrogens (tertiary/aromatic N) is 2. The summed E-state index contributed by atoms with van der Waals surface area (Å²) >= 11 is 1.40. The van der Waals surface area contributed by atoms with Gasteiger partial charge >= 0.3 is 0 Å². The Labute approximate surface area is 172 Å². The predicted molar refractivity (Wildman–Crippen MR) is 111 cm³/mol. The number of rotatable bonds is 5. The number of thiazole rings is 1. The SMILES string of the molecule is Cc1nc(NC(=O)c2ccc3c(c2)C(=O)N(CCc2ccccc2)C3=O)sc1C. The van der Waals surface area contributed by atoms with Crippen LogP contribution in [0.4, 0.5) is 5.13 Å². The quantitative estimate of drug-likeness (QED) is 0.654. The second-order valence-electron chi connectivity index (χ2n) is 6.87. The number of carbonyl (C=O) groups is 3. The maximum Gasteiger partial charge on any atom is 0.261 e. The van der Waals surface area contributed by atoms with E-state index >= 15 is 0 Å². The molecule has 0 saturated heterocycles. The maximum atomic E-state index is 12.8. The first kappa shape index (κ1) is 19.0. The Bertz CT molecular complexity index is 1100. The molecular formula is C22H19N3O3S. The van der Waals surface area contributed by atoms with Gasteiger partial charge in [-0.3, -0.25) is 24.6 Å². The van der Waals surface area contributed by atoms with Gasteiger partial charge in [-0.25, -0.2) is 4.98 Å². The minimum atomic E-state index is -0.364. The van der Waals surface area contributed by atoms with Crippen LogP contribution in [0.3, 0.4) is 0 Å². The smallest absolute Gasteiger partial charge is 0.261 e. The van der Waals surface area contributed by atoms with E-state index in [-0.39, 0.29) is 23.3 Å². The number of aromatic nitrogens is 1. The van der Waals surface area contributed by atoms with Gasteiger partial charge in [-0.05, 0) is 44.0 Å². The van der Waals surface area contributed by atoms with E-state index in [4.69, 9.17) is 0 Å². The molecule has 2 aromatic carbocycles. The Hall–Kier alpha value is -3.32. The fourth-order valence-corrected chi connectivity index (χ4v) is 4.03. The highest BCUT2D eigenvalue weighted by Gasteiger charge is 2.35. The lowest BCUT2D eigenvalue weighted by Gasteiger charge is -2.13. The number of aryl methyl sites for hydroxylation is 2. The number of fused-ring (bicyclic) bond motifs is 1. The molecule has 0 spiro atoms. The van der Waals surface area contributed by atoms with Crippen molar-refractivity contribution in [3.8, 4) is 0 Å². The molecule has 0 radical (unpaired) electrons. The van der Waals surface area contributed by atoms with Crippen LogP contribution in [-0.4, -0.2) is 34.2 Å². The first-order valence-electron chi connectivity index (χ1n) is 9.23. The van der Waals surface area contributed by atoms with E-state index in [1.165, 1.54) is 22.3 Å². The van der Waals surface area contributed by atoms with Crippen molar-refractivity contribution in [3.63, 3.8) is 0 Å². The van der Waals surface area contributed by atoms with Crippen molar-refractivity contribution in [2.45, 2.75) is 20.3 Å². The van der Waals surface area contributed by atoms with Crippen LogP contribution < -0.4 is 5.32 Å². The van der Waals surface area contributed by atoms with Gasteiger partial charge < -0.3 is 0 Å². The molecule has 2 heterocycles. The Kier molecular flexibility index (Phi) is 4.98. The summed E-state index contributed by atoms with van der Waals surface area (Å²) in [6.45, 7) is 4.12. The lowest BCUT2D eigenvalue weighted by atomic mass is 10.1. The molecule has 0 atom stereocenters. The lowest BCUT2D eigenvalue weighted by Crippen LogP contribution is -2.31. The number of benzene rings is 2.